The normalized spacial score (nSPS) is 27.8. The third-order valence-corrected chi connectivity index (χ3v) is 6.57. The van der Waals surface area contributed by atoms with Gasteiger partial charge in [0.1, 0.15) is 0 Å². The lowest BCUT2D eigenvalue weighted by atomic mass is 9.96. The molecular weight excluding hydrogens is 322 g/mol. The maximum atomic E-state index is 12.9. The highest BCUT2D eigenvalue weighted by Crippen LogP contribution is 2.35. The van der Waals surface area contributed by atoms with E-state index in [1.807, 2.05) is 9.80 Å². The fourth-order valence-corrected chi connectivity index (χ4v) is 4.98. The fourth-order valence-electron chi connectivity index (χ4n) is 3.95. The van der Waals surface area contributed by atoms with Crippen molar-refractivity contribution in [3.63, 3.8) is 0 Å². The number of hydrogen-bond donors (Lipinski definition) is 0. The summed E-state index contributed by atoms with van der Waals surface area (Å²) in [5.74, 6) is 0.601. The van der Waals surface area contributed by atoms with Crippen molar-refractivity contribution < 1.29 is 9.59 Å². The van der Waals surface area contributed by atoms with Gasteiger partial charge in [-0.3, -0.25) is 9.59 Å². The summed E-state index contributed by atoms with van der Waals surface area (Å²) in [6.07, 6.45) is 5.74. The lowest BCUT2D eigenvalue weighted by Crippen LogP contribution is -2.43. The summed E-state index contributed by atoms with van der Waals surface area (Å²) in [6.45, 7) is 4.36. The number of nitrogens with zero attached hydrogens (tertiary/aromatic N) is 3. The van der Waals surface area contributed by atoms with Crippen molar-refractivity contribution in [1.82, 2.24) is 14.8 Å². The molecular formula is C18H25N3O2S. The van der Waals surface area contributed by atoms with Crippen LogP contribution in [0.25, 0.3) is 0 Å². The first-order chi connectivity index (χ1) is 11.7. The predicted octanol–water partition coefficient (Wildman–Crippen LogP) is 2.42. The molecule has 2 saturated heterocycles. The zero-order valence-corrected chi connectivity index (χ0v) is 15.1. The van der Waals surface area contributed by atoms with Crippen molar-refractivity contribution in [3.05, 3.63) is 16.1 Å². The molecule has 6 heteroatoms. The summed E-state index contributed by atoms with van der Waals surface area (Å²) >= 11 is 1.73. The Balaban J connectivity index is 1.40. The standard InChI is InChI=1S/C18H25N3O2S/c1-2-14-11-24-17(19-14)12-4-3-7-20(9-12)18(23)13-8-16(22)21(10-13)15-5-6-15/h11-13,15H,2-10H2,1H3/t12-,13-/m1/s1. The topological polar surface area (TPSA) is 53.5 Å². The Kier molecular flexibility index (Phi) is 4.33. The van der Waals surface area contributed by atoms with Crippen LogP contribution in [-0.2, 0) is 16.0 Å². The molecule has 5 nitrogen and oxygen atoms in total. The van der Waals surface area contributed by atoms with Gasteiger partial charge in [-0.25, -0.2) is 4.98 Å². The molecule has 0 bridgehead atoms. The van der Waals surface area contributed by atoms with Gasteiger partial charge in [-0.05, 0) is 32.1 Å². The summed E-state index contributed by atoms with van der Waals surface area (Å²) in [7, 11) is 0. The lowest BCUT2D eigenvalue weighted by molar-refractivity contribution is -0.137. The molecule has 0 aromatic carbocycles. The van der Waals surface area contributed by atoms with Crippen LogP contribution in [0.4, 0.5) is 0 Å². The molecule has 1 aliphatic carbocycles. The van der Waals surface area contributed by atoms with E-state index in [1.54, 1.807) is 11.3 Å². The highest BCUT2D eigenvalue weighted by atomic mass is 32.1. The second kappa shape index (κ2) is 6.47. The van der Waals surface area contributed by atoms with Crippen molar-refractivity contribution in [2.75, 3.05) is 19.6 Å². The van der Waals surface area contributed by atoms with Crippen LogP contribution in [0.2, 0.25) is 0 Å². The van der Waals surface area contributed by atoms with Gasteiger partial charge in [0.2, 0.25) is 11.8 Å². The van der Waals surface area contributed by atoms with Gasteiger partial charge < -0.3 is 9.80 Å². The molecule has 1 aromatic rings. The maximum Gasteiger partial charge on any atom is 0.228 e. The Morgan fingerprint density at radius 3 is 2.88 bits per heavy atom. The van der Waals surface area contributed by atoms with Crippen LogP contribution in [0.5, 0.6) is 0 Å². The smallest absolute Gasteiger partial charge is 0.228 e. The van der Waals surface area contributed by atoms with Crippen molar-refractivity contribution in [3.8, 4) is 0 Å². The van der Waals surface area contributed by atoms with E-state index in [9.17, 15) is 9.59 Å². The van der Waals surface area contributed by atoms with Crippen LogP contribution in [-0.4, -0.2) is 52.3 Å². The van der Waals surface area contributed by atoms with Crippen LogP contribution < -0.4 is 0 Å². The van der Waals surface area contributed by atoms with E-state index in [-0.39, 0.29) is 17.7 Å². The van der Waals surface area contributed by atoms with Crippen LogP contribution in [0.1, 0.15) is 55.6 Å². The predicted molar refractivity (Wildman–Crippen MR) is 92.9 cm³/mol. The SMILES string of the molecule is CCc1csc([C@@H]2CCCN(C(=O)[C@@H]3CC(=O)N(C4CC4)C3)C2)n1. The maximum absolute atomic E-state index is 12.9. The molecule has 1 saturated carbocycles. The molecule has 1 aromatic heterocycles. The van der Waals surface area contributed by atoms with Gasteiger partial charge in [-0.2, -0.15) is 0 Å². The van der Waals surface area contributed by atoms with E-state index in [4.69, 9.17) is 4.98 Å². The molecule has 3 aliphatic rings. The Labute approximate surface area is 147 Å². The molecule has 0 N–H and O–H groups in total. The molecule has 0 radical (unpaired) electrons. The summed E-state index contributed by atoms with van der Waals surface area (Å²) in [6, 6.07) is 0.423. The first kappa shape index (κ1) is 16.1. The number of thiazole rings is 1. The summed E-state index contributed by atoms with van der Waals surface area (Å²) in [5.41, 5.74) is 1.15. The minimum atomic E-state index is -0.126. The first-order valence-electron chi connectivity index (χ1n) is 9.18. The number of aromatic nitrogens is 1. The number of amides is 2. The molecule has 0 unspecified atom stereocenters. The van der Waals surface area contributed by atoms with Gasteiger partial charge in [0.15, 0.2) is 0 Å². The molecule has 2 atom stereocenters. The van der Waals surface area contributed by atoms with Crippen molar-refractivity contribution in [1.29, 1.82) is 0 Å². The third kappa shape index (κ3) is 3.08. The highest BCUT2D eigenvalue weighted by Gasteiger charge is 2.43. The van der Waals surface area contributed by atoms with Gasteiger partial charge in [0.25, 0.3) is 0 Å². The largest absolute Gasteiger partial charge is 0.342 e. The zero-order valence-electron chi connectivity index (χ0n) is 14.2. The second-order valence-electron chi connectivity index (χ2n) is 7.33. The quantitative estimate of drug-likeness (QED) is 0.840. The number of rotatable bonds is 4. The second-order valence-corrected chi connectivity index (χ2v) is 8.22. The van der Waals surface area contributed by atoms with Gasteiger partial charge in [0, 0.05) is 43.4 Å². The monoisotopic (exact) mass is 347 g/mol. The van der Waals surface area contributed by atoms with Crippen LogP contribution in [0, 0.1) is 5.92 Å². The number of piperidine rings is 1. The van der Waals surface area contributed by atoms with Crippen molar-refractivity contribution >= 4 is 23.2 Å². The van der Waals surface area contributed by atoms with E-state index in [0.717, 1.165) is 50.9 Å². The Morgan fingerprint density at radius 1 is 1.33 bits per heavy atom. The number of likely N-dealkylation sites (tertiary alicyclic amines) is 2. The van der Waals surface area contributed by atoms with Crippen LogP contribution in [0.15, 0.2) is 5.38 Å². The third-order valence-electron chi connectivity index (χ3n) is 5.51. The number of aryl methyl sites for hydroxylation is 1. The number of carbonyl (C=O) groups is 2. The molecule has 24 heavy (non-hydrogen) atoms. The van der Waals surface area contributed by atoms with Gasteiger partial charge in [0.05, 0.1) is 16.6 Å². The average molecular weight is 347 g/mol. The highest BCUT2D eigenvalue weighted by molar-refractivity contribution is 7.09. The average Bonchev–Trinajstić information content (AvgIpc) is 3.19. The summed E-state index contributed by atoms with van der Waals surface area (Å²) < 4.78 is 0. The van der Waals surface area contributed by atoms with Gasteiger partial charge in [-0.15, -0.1) is 11.3 Å². The minimum absolute atomic E-state index is 0.126. The molecule has 2 amide bonds. The Hall–Kier alpha value is -1.43. The van der Waals surface area contributed by atoms with Gasteiger partial charge in [-0.1, -0.05) is 6.92 Å². The molecule has 4 rings (SSSR count). The van der Waals surface area contributed by atoms with E-state index in [2.05, 4.69) is 12.3 Å². The molecule has 130 valence electrons. The Bertz CT molecular complexity index is 640. The zero-order chi connectivity index (χ0) is 16.7. The molecule has 3 heterocycles. The lowest BCUT2D eigenvalue weighted by Gasteiger charge is -2.33. The van der Waals surface area contributed by atoms with Crippen LogP contribution in [0.3, 0.4) is 0 Å². The van der Waals surface area contributed by atoms with Crippen molar-refractivity contribution in [2.45, 2.75) is 57.4 Å². The van der Waals surface area contributed by atoms with E-state index >= 15 is 0 Å². The summed E-state index contributed by atoms with van der Waals surface area (Å²) in [5, 5.41) is 3.31. The summed E-state index contributed by atoms with van der Waals surface area (Å²) in [4.78, 5) is 33.7. The van der Waals surface area contributed by atoms with Gasteiger partial charge >= 0.3 is 0 Å². The number of hydrogen-bond acceptors (Lipinski definition) is 4. The minimum Gasteiger partial charge on any atom is -0.342 e. The molecule has 0 spiro atoms. The van der Waals surface area contributed by atoms with E-state index < -0.39 is 0 Å². The molecule has 2 aliphatic heterocycles. The fraction of sp³-hybridized carbons (Fsp3) is 0.722. The van der Waals surface area contributed by atoms with Crippen LogP contribution >= 0.6 is 11.3 Å². The first-order valence-corrected chi connectivity index (χ1v) is 10.1. The van der Waals surface area contributed by atoms with E-state index in [1.165, 1.54) is 5.01 Å². The van der Waals surface area contributed by atoms with E-state index in [0.29, 0.717) is 24.9 Å². The molecule has 3 fully saturated rings. The van der Waals surface area contributed by atoms with Crippen molar-refractivity contribution in [2.24, 2.45) is 5.92 Å². The Morgan fingerprint density at radius 2 is 2.17 bits per heavy atom. The number of carbonyl (C=O) groups excluding carboxylic acids is 2.